The summed E-state index contributed by atoms with van der Waals surface area (Å²) in [7, 11) is 4.06. The van der Waals surface area contributed by atoms with Crippen LogP contribution < -0.4 is 10.2 Å². The maximum Gasteiger partial charge on any atom is 0.322 e. The molecule has 6 rings (SSSR count). The lowest BCUT2D eigenvalue weighted by Crippen LogP contribution is -2.38. The number of benzene rings is 3. The Morgan fingerprint density at radius 3 is 2.41 bits per heavy atom. The smallest absolute Gasteiger partial charge is 0.322 e. The van der Waals surface area contributed by atoms with Crippen molar-refractivity contribution in [2.75, 3.05) is 24.3 Å². The van der Waals surface area contributed by atoms with Crippen molar-refractivity contribution in [1.29, 1.82) is 0 Å². The van der Waals surface area contributed by atoms with Crippen LogP contribution in [0.1, 0.15) is 34.1 Å². The first-order valence-corrected chi connectivity index (χ1v) is 13.1. The van der Waals surface area contributed by atoms with Crippen LogP contribution in [-0.4, -0.2) is 39.4 Å². The van der Waals surface area contributed by atoms with Crippen LogP contribution >= 0.6 is 0 Å². The summed E-state index contributed by atoms with van der Waals surface area (Å²) >= 11 is 0. The van der Waals surface area contributed by atoms with Crippen molar-refractivity contribution >= 4 is 17.4 Å². The molecular formula is C32H32N6O. The predicted octanol–water partition coefficient (Wildman–Crippen LogP) is 6.48. The number of nitrogens with one attached hydrogen (secondary N) is 1. The van der Waals surface area contributed by atoms with Gasteiger partial charge in [-0.25, -0.2) is 9.48 Å². The summed E-state index contributed by atoms with van der Waals surface area (Å²) in [5, 5.41) is 8.10. The van der Waals surface area contributed by atoms with E-state index in [9.17, 15) is 4.79 Å². The largest absolute Gasteiger partial charge is 0.378 e. The number of hydrogen-bond donors (Lipinski definition) is 1. The van der Waals surface area contributed by atoms with Crippen LogP contribution in [0.3, 0.4) is 0 Å². The number of rotatable bonds is 4. The highest BCUT2D eigenvalue weighted by molar-refractivity contribution is 5.90. The Morgan fingerprint density at radius 2 is 1.69 bits per heavy atom. The number of carbonyl (C=O) groups is 1. The summed E-state index contributed by atoms with van der Waals surface area (Å²) in [4.78, 5) is 18.1. The average molecular weight is 517 g/mol. The van der Waals surface area contributed by atoms with Gasteiger partial charge >= 0.3 is 6.03 Å². The highest BCUT2D eigenvalue weighted by atomic mass is 16.2. The monoisotopic (exact) mass is 516 g/mol. The second-order valence-electron chi connectivity index (χ2n) is 10.3. The van der Waals surface area contributed by atoms with E-state index < -0.39 is 0 Å². The van der Waals surface area contributed by atoms with Gasteiger partial charge in [0.15, 0.2) is 0 Å². The molecule has 3 heterocycles. The van der Waals surface area contributed by atoms with Crippen LogP contribution in [0.15, 0.2) is 97.2 Å². The number of fused-ring (bicyclic) bond motifs is 3. The quantitative estimate of drug-likeness (QED) is 0.297. The van der Waals surface area contributed by atoms with Crippen molar-refractivity contribution in [2.45, 2.75) is 26.4 Å². The summed E-state index contributed by atoms with van der Waals surface area (Å²) in [6.07, 6.45) is 2.07. The van der Waals surface area contributed by atoms with Crippen LogP contribution in [0.2, 0.25) is 0 Å². The number of amides is 2. The van der Waals surface area contributed by atoms with E-state index in [0.29, 0.717) is 6.54 Å². The zero-order chi connectivity index (χ0) is 27.1. The van der Waals surface area contributed by atoms with Crippen molar-refractivity contribution in [1.82, 2.24) is 19.2 Å². The van der Waals surface area contributed by atoms with Crippen LogP contribution in [-0.2, 0) is 6.54 Å². The van der Waals surface area contributed by atoms with Gasteiger partial charge in [0, 0.05) is 37.2 Å². The molecule has 39 heavy (non-hydrogen) atoms. The minimum absolute atomic E-state index is 0.158. The van der Waals surface area contributed by atoms with Gasteiger partial charge in [0.25, 0.3) is 0 Å². The fraction of sp³-hybridized carbons (Fsp3) is 0.188. The molecule has 2 amide bonds. The third-order valence-electron chi connectivity index (χ3n) is 7.34. The first kappa shape index (κ1) is 24.6. The topological polar surface area (TPSA) is 58.3 Å². The Balaban J connectivity index is 1.52. The van der Waals surface area contributed by atoms with E-state index >= 15 is 0 Å². The molecule has 0 unspecified atom stereocenters. The number of urea groups is 1. The van der Waals surface area contributed by atoms with E-state index in [1.165, 1.54) is 0 Å². The van der Waals surface area contributed by atoms with Gasteiger partial charge < -0.3 is 19.7 Å². The van der Waals surface area contributed by atoms with Gasteiger partial charge in [0.1, 0.15) is 5.82 Å². The summed E-state index contributed by atoms with van der Waals surface area (Å²) in [6.45, 7) is 4.45. The number of anilines is 2. The number of hydrogen-bond acceptors (Lipinski definition) is 3. The molecular weight excluding hydrogens is 484 g/mol. The minimum Gasteiger partial charge on any atom is -0.378 e. The van der Waals surface area contributed by atoms with Gasteiger partial charge in [0.2, 0.25) is 0 Å². The van der Waals surface area contributed by atoms with E-state index in [0.717, 1.165) is 51.0 Å². The van der Waals surface area contributed by atoms with Gasteiger partial charge in [-0.3, -0.25) is 0 Å². The first-order valence-electron chi connectivity index (χ1n) is 13.1. The Bertz CT molecular complexity index is 1630. The van der Waals surface area contributed by atoms with E-state index in [1.807, 2.05) is 86.1 Å². The van der Waals surface area contributed by atoms with E-state index in [-0.39, 0.29) is 12.1 Å². The lowest BCUT2D eigenvalue weighted by Gasteiger charge is -2.31. The zero-order valence-electron chi connectivity index (χ0n) is 22.7. The second-order valence-corrected chi connectivity index (χ2v) is 10.3. The summed E-state index contributed by atoms with van der Waals surface area (Å²) < 4.78 is 4.18. The van der Waals surface area contributed by atoms with Crippen molar-refractivity contribution in [3.63, 3.8) is 0 Å². The van der Waals surface area contributed by atoms with Gasteiger partial charge in [-0.05, 0) is 73.5 Å². The van der Waals surface area contributed by atoms with Crippen LogP contribution in [0, 0.1) is 13.8 Å². The lowest BCUT2D eigenvalue weighted by molar-refractivity contribution is 0.194. The third-order valence-corrected chi connectivity index (χ3v) is 7.34. The molecule has 1 atom stereocenters. The number of aromatic nitrogens is 3. The molecule has 0 spiro atoms. The molecule has 7 nitrogen and oxygen atoms in total. The maximum atomic E-state index is 14.1. The van der Waals surface area contributed by atoms with Gasteiger partial charge in [-0.15, -0.1) is 0 Å². The standard InChI is InChI=1S/C32H32N6O/c1-22-10-8-11-25(20-22)33-32(39)37-21-28-23(2)34-38(27-12-6-5-7-13-27)31(28)36-19-9-14-29(36)30(37)24-15-17-26(18-16-24)35(3)4/h5-20,30H,21H2,1-4H3,(H,33,39)/t30-/m0/s1. The van der Waals surface area contributed by atoms with Crippen molar-refractivity contribution in [3.8, 4) is 11.5 Å². The zero-order valence-corrected chi connectivity index (χ0v) is 22.7. The lowest BCUT2D eigenvalue weighted by atomic mass is 10.0. The molecule has 0 saturated heterocycles. The molecule has 1 aliphatic rings. The van der Waals surface area contributed by atoms with Crippen molar-refractivity contribution in [3.05, 3.63) is 125 Å². The SMILES string of the molecule is Cc1cccc(NC(=O)N2Cc3c(C)nn(-c4ccccc4)c3-n3cccc3[C@@H]2c2ccc(N(C)C)cc2)c1. The normalized spacial score (nSPS) is 14.4. The molecule has 3 aromatic carbocycles. The number of para-hydroxylation sites is 1. The number of carbonyl (C=O) groups excluding carboxylic acids is 1. The molecule has 196 valence electrons. The third kappa shape index (κ3) is 4.46. The molecule has 0 saturated carbocycles. The van der Waals surface area contributed by atoms with Crippen molar-refractivity contribution < 1.29 is 4.79 Å². The number of aryl methyl sites for hydroxylation is 2. The fourth-order valence-electron chi connectivity index (χ4n) is 5.37. The first-order chi connectivity index (χ1) is 18.9. The second kappa shape index (κ2) is 9.83. The molecule has 0 bridgehead atoms. The molecule has 0 aliphatic carbocycles. The van der Waals surface area contributed by atoms with Crippen molar-refractivity contribution in [2.24, 2.45) is 0 Å². The van der Waals surface area contributed by atoms with Gasteiger partial charge in [0.05, 0.1) is 29.7 Å². The predicted molar refractivity (Wildman–Crippen MR) is 156 cm³/mol. The van der Waals surface area contributed by atoms with E-state index in [2.05, 4.69) is 63.4 Å². The van der Waals surface area contributed by atoms with Crippen LogP contribution in [0.5, 0.6) is 0 Å². The van der Waals surface area contributed by atoms with E-state index in [4.69, 9.17) is 5.10 Å². The van der Waals surface area contributed by atoms with Crippen LogP contribution in [0.25, 0.3) is 11.5 Å². The highest BCUT2D eigenvalue weighted by Gasteiger charge is 2.36. The molecule has 1 aliphatic heterocycles. The average Bonchev–Trinajstić information content (AvgIpc) is 3.49. The number of nitrogens with zero attached hydrogens (tertiary/aromatic N) is 5. The summed E-state index contributed by atoms with van der Waals surface area (Å²) in [6, 6.07) is 30.2. The molecule has 0 radical (unpaired) electrons. The fourth-order valence-corrected chi connectivity index (χ4v) is 5.37. The summed E-state index contributed by atoms with van der Waals surface area (Å²) in [5.41, 5.74) is 7.91. The molecule has 0 fully saturated rings. The summed E-state index contributed by atoms with van der Waals surface area (Å²) in [5.74, 6) is 0.958. The molecule has 5 aromatic rings. The van der Waals surface area contributed by atoms with E-state index in [1.54, 1.807) is 0 Å². The van der Waals surface area contributed by atoms with Crippen LogP contribution in [0.4, 0.5) is 16.2 Å². The highest BCUT2D eigenvalue weighted by Crippen LogP contribution is 2.39. The minimum atomic E-state index is -0.308. The Hall–Kier alpha value is -4.78. The Kier molecular flexibility index (Phi) is 6.19. The molecule has 7 heteroatoms. The van der Waals surface area contributed by atoms with Gasteiger partial charge in [-0.2, -0.15) is 5.10 Å². The maximum absolute atomic E-state index is 14.1. The Morgan fingerprint density at radius 1 is 0.923 bits per heavy atom. The van der Waals surface area contributed by atoms with Gasteiger partial charge in [-0.1, -0.05) is 42.5 Å². The Labute approximate surface area is 228 Å². The molecule has 2 aromatic heterocycles. The molecule has 1 N–H and O–H groups in total.